The molecule has 3 atom stereocenters. The van der Waals surface area contributed by atoms with E-state index in [1.54, 1.807) is 23.5 Å². The lowest BCUT2D eigenvalue weighted by molar-refractivity contribution is -0.122. The smallest absolute Gasteiger partial charge is 0.238 e. The zero-order valence-corrected chi connectivity index (χ0v) is 22.7. The Kier molecular flexibility index (Phi) is 8.25. The van der Waals surface area contributed by atoms with Gasteiger partial charge in [0, 0.05) is 23.1 Å². The lowest BCUT2D eigenvalue weighted by atomic mass is 9.77. The van der Waals surface area contributed by atoms with Gasteiger partial charge in [0.2, 0.25) is 5.91 Å². The maximum absolute atomic E-state index is 14.3. The van der Waals surface area contributed by atoms with Crippen molar-refractivity contribution in [2.24, 2.45) is 0 Å². The minimum Gasteiger partial charge on any atom is -0.494 e. The van der Waals surface area contributed by atoms with Gasteiger partial charge < -0.3 is 15.4 Å². The van der Waals surface area contributed by atoms with E-state index >= 15 is 0 Å². The van der Waals surface area contributed by atoms with Crippen molar-refractivity contribution in [3.8, 4) is 5.75 Å². The topological polar surface area (TPSA) is 50.4 Å². The van der Waals surface area contributed by atoms with Gasteiger partial charge in [0.25, 0.3) is 0 Å². The molecule has 1 aromatic carbocycles. The molecule has 4 nitrogen and oxygen atoms in total. The lowest BCUT2D eigenvalue weighted by Gasteiger charge is -2.45. The molecule has 0 aliphatic carbocycles. The fraction of sp³-hybridized carbons (Fsp3) is 0.233. The molecule has 192 valence electrons. The quantitative estimate of drug-likeness (QED) is 0.282. The van der Waals surface area contributed by atoms with Crippen molar-refractivity contribution in [2.75, 3.05) is 7.11 Å². The Bertz CT molecular complexity index is 1290. The molecule has 0 radical (unpaired) electrons. The van der Waals surface area contributed by atoms with Crippen LogP contribution >= 0.6 is 23.1 Å². The van der Waals surface area contributed by atoms with Crippen molar-refractivity contribution in [3.63, 3.8) is 0 Å². The van der Waals surface area contributed by atoms with E-state index < -0.39 is 10.8 Å². The van der Waals surface area contributed by atoms with Gasteiger partial charge in [0.15, 0.2) is 11.6 Å². The molecule has 7 heteroatoms. The number of dihydropyridines is 1. The van der Waals surface area contributed by atoms with Crippen LogP contribution in [0.3, 0.4) is 0 Å². The number of benzene rings is 1. The molecule has 0 saturated carbocycles. The maximum atomic E-state index is 14.3. The molecular weight excluding hydrogens is 503 g/mol. The molecule has 0 spiro atoms. The molecule has 0 bridgehead atoms. The van der Waals surface area contributed by atoms with Crippen molar-refractivity contribution in [2.45, 2.75) is 36.6 Å². The van der Waals surface area contributed by atoms with Crippen LogP contribution < -0.4 is 15.4 Å². The highest BCUT2D eigenvalue weighted by Crippen LogP contribution is 2.44. The number of nitrogens with one attached hydrogen (secondary N) is 2. The van der Waals surface area contributed by atoms with E-state index in [0.29, 0.717) is 12.8 Å². The van der Waals surface area contributed by atoms with Gasteiger partial charge in [-0.25, -0.2) is 4.39 Å². The number of rotatable bonds is 9. The molecular formula is C30H31FN2O2S2. The Hall–Kier alpha value is -3.29. The molecule has 2 N–H and O–H groups in total. The number of ether oxygens (including phenoxy) is 1. The average molecular weight is 535 g/mol. The van der Waals surface area contributed by atoms with E-state index in [0.717, 1.165) is 32.9 Å². The average Bonchev–Trinajstić information content (AvgIpc) is 3.41. The van der Waals surface area contributed by atoms with E-state index in [9.17, 15) is 9.18 Å². The fourth-order valence-corrected chi connectivity index (χ4v) is 6.42. The lowest BCUT2D eigenvalue weighted by Crippen LogP contribution is -2.58. The number of halogens is 1. The van der Waals surface area contributed by atoms with Gasteiger partial charge in [0.05, 0.1) is 7.11 Å². The van der Waals surface area contributed by atoms with Crippen molar-refractivity contribution in [3.05, 3.63) is 124 Å². The summed E-state index contributed by atoms with van der Waals surface area (Å²) < 4.78 is 19.3. The first kappa shape index (κ1) is 26.8. The monoisotopic (exact) mass is 534 g/mol. The number of piperidine rings is 1. The highest BCUT2D eigenvalue weighted by molar-refractivity contribution is 8.04. The highest BCUT2D eigenvalue weighted by atomic mass is 32.2. The number of thioether (sulfide) groups is 1. The summed E-state index contributed by atoms with van der Waals surface area (Å²) in [5, 5.41) is 10.6. The predicted molar refractivity (Wildman–Crippen MR) is 153 cm³/mol. The number of amides is 1. The standard InChI is InChI=1S/C30H31FN2O2S2/c1-6-8-26(19(2)3)37-28-20(4)17-30(33-29(28)34,22-13-14-36-18-22)27-10-7-9-23(32-27)15-21-11-12-25(35-5)24(31)16-21/h6-14,16,18,23,28,32H,1-2,4,15,17H2,3,5H3,(H,33,34)/b26-8+. The molecule has 1 saturated heterocycles. The van der Waals surface area contributed by atoms with Gasteiger partial charge in [-0.05, 0) is 71.2 Å². The number of hydrogen-bond donors (Lipinski definition) is 2. The second kappa shape index (κ2) is 11.4. The molecule has 4 rings (SSSR count). The fourth-order valence-electron chi connectivity index (χ4n) is 4.65. The summed E-state index contributed by atoms with van der Waals surface area (Å²) in [5.41, 5.74) is 3.67. The Morgan fingerprint density at radius 1 is 1.38 bits per heavy atom. The molecule has 2 aliphatic heterocycles. The second-order valence-corrected chi connectivity index (χ2v) is 11.1. The van der Waals surface area contributed by atoms with Crippen molar-refractivity contribution >= 4 is 29.0 Å². The van der Waals surface area contributed by atoms with Crippen LogP contribution in [-0.4, -0.2) is 24.3 Å². The van der Waals surface area contributed by atoms with Crippen LogP contribution in [0.5, 0.6) is 5.75 Å². The first-order chi connectivity index (χ1) is 17.8. The van der Waals surface area contributed by atoms with Crippen molar-refractivity contribution in [1.82, 2.24) is 10.6 Å². The summed E-state index contributed by atoms with van der Waals surface area (Å²) in [6.45, 7) is 14.1. The molecule has 3 heterocycles. The summed E-state index contributed by atoms with van der Waals surface area (Å²) in [7, 11) is 1.45. The first-order valence-electron chi connectivity index (χ1n) is 11.9. The first-order valence-corrected chi connectivity index (χ1v) is 13.7. The van der Waals surface area contributed by atoms with E-state index in [1.807, 2.05) is 48.7 Å². The zero-order valence-electron chi connectivity index (χ0n) is 21.1. The largest absolute Gasteiger partial charge is 0.494 e. The summed E-state index contributed by atoms with van der Waals surface area (Å²) in [6.07, 6.45) is 10.7. The molecule has 1 aromatic heterocycles. The summed E-state index contributed by atoms with van der Waals surface area (Å²) >= 11 is 3.03. The zero-order chi connectivity index (χ0) is 26.6. The minimum absolute atomic E-state index is 0.0777. The van der Waals surface area contributed by atoms with Gasteiger partial charge in [-0.2, -0.15) is 11.3 Å². The molecule has 2 aromatic rings. The SMILES string of the molecule is C=C/C=C(/SC1C(=C)CC(C2=CC=CC(Cc3ccc(OC)c(F)c3)N2)(c2ccsc2)NC1=O)C(=C)C. The summed E-state index contributed by atoms with van der Waals surface area (Å²) in [5.74, 6) is -0.263. The minimum atomic E-state index is -0.773. The summed E-state index contributed by atoms with van der Waals surface area (Å²) in [6, 6.07) is 6.97. The number of carbonyl (C=O) groups is 1. The molecule has 3 unspecified atom stereocenters. The van der Waals surface area contributed by atoms with E-state index in [4.69, 9.17) is 4.74 Å². The van der Waals surface area contributed by atoms with Crippen LogP contribution in [0.15, 0.2) is 107 Å². The van der Waals surface area contributed by atoms with Crippen LogP contribution in [0.2, 0.25) is 0 Å². The third-order valence-electron chi connectivity index (χ3n) is 6.47. The van der Waals surface area contributed by atoms with Gasteiger partial charge in [0.1, 0.15) is 10.8 Å². The number of carbonyl (C=O) groups excluding carboxylic acids is 1. The van der Waals surface area contributed by atoms with Crippen LogP contribution in [0.25, 0.3) is 0 Å². The molecule has 1 fully saturated rings. The second-order valence-electron chi connectivity index (χ2n) is 9.18. The Balaban J connectivity index is 1.60. The third-order valence-corrected chi connectivity index (χ3v) is 8.67. The van der Waals surface area contributed by atoms with E-state index in [-0.39, 0.29) is 23.5 Å². The number of allylic oxidation sites excluding steroid dienone is 5. The van der Waals surface area contributed by atoms with Gasteiger partial charge in [-0.1, -0.05) is 49.6 Å². The van der Waals surface area contributed by atoms with Gasteiger partial charge in [-0.15, -0.1) is 11.8 Å². The highest BCUT2D eigenvalue weighted by Gasteiger charge is 2.46. The predicted octanol–water partition coefficient (Wildman–Crippen LogP) is 6.57. The number of thiophene rings is 1. The Morgan fingerprint density at radius 3 is 2.81 bits per heavy atom. The molecule has 37 heavy (non-hydrogen) atoms. The van der Waals surface area contributed by atoms with Crippen LogP contribution in [0, 0.1) is 5.82 Å². The van der Waals surface area contributed by atoms with Crippen LogP contribution in [-0.2, 0) is 16.8 Å². The molecule has 1 amide bonds. The van der Waals surface area contributed by atoms with Crippen molar-refractivity contribution < 1.29 is 13.9 Å². The number of hydrogen-bond acceptors (Lipinski definition) is 5. The van der Waals surface area contributed by atoms with Crippen LogP contribution in [0.1, 0.15) is 24.5 Å². The van der Waals surface area contributed by atoms with Gasteiger partial charge in [-0.3, -0.25) is 4.79 Å². The number of methoxy groups -OCH3 is 1. The maximum Gasteiger partial charge on any atom is 0.238 e. The summed E-state index contributed by atoms with van der Waals surface area (Å²) in [4.78, 5) is 14.5. The third kappa shape index (κ3) is 5.68. The Labute approximate surface area is 226 Å². The van der Waals surface area contributed by atoms with E-state index in [2.05, 4.69) is 35.8 Å². The molecule has 2 aliphatic rings. The van der Waals surface area contributed by atoms with Gasteiger partial charge >= 0.3 is 0 Å². The van der Waals surface area contributed by atoms with Crippen molar-refractivity contribution in [1.29, 1.82) is 0 Å². The normalized spacial score (nSPS) is 23.6. The van der Waals surface area contributed by atoms with E-state index in [1.165, 1.54) is 24.9 Å². The van der Waals surface area contributed by atoms with Crippen LogP contribution in [0.4, 0.5) is 4.39 Å². The Morgan fingerprint density at radius 2 is 2.19 bits per heavy atom.